The smallest absolute Gasteiger partial charge is 0.227 e. The molecule has 0 radical (unpaired) electrons. The topological polar surface area (TPSA) is 183 Å². The van der Waals surface area contributed by atoms with Gasteiger partial charge in [0.1, 0.15) is 20.2 Å². The molecule has 0 saturated carbocycles. The Kier molecular flexibility index (Phi) is 17.9. The van der Waals surface area contributed by atoms with E-state index in [1.807, 2.05) is 0 Å². The molecule has 0 saturated heterocycles. The summed E-state index contributed by atoms with van der Waals surface area (Å²) in [7, 11) is -5.51. The van der Waals surface area contributed by atoms with Crippen molar-refractivity contribution in [2.45, 2.75) is 9.79 Å². The summed E-state index contributed by atoms with van der Waals surface area (Å²) in [6.07, 6.45) is 0. The third-order valence-electron chi connectivity index (χ3n) is 14.9. The van der Waals surface area contributed by atoms with Crippen molar-refractivity contribution in [2.75, 3.05) is 21.3 Å². The first kappa shape index (κ1) is 59.4. The van der Waals surface area contributed by atoms with Crippen molar-refractivity contribution in [3.05, 3.63) is 279 Å². The highest BCUT2D eigenvalue weighted by Gasteiger charge is 2.27. The van der Waals surface area contributed by atoms with Crippen LogP contribution in [0.15, 0.2) is 289 Å². The number of aromatic nitrogens is 2. The third kappa shape index (κ3) is 11.5. The summed E-state index contributed by atoms with van der Waals surface area (Å²) in [5, 5.41) is 36.6. The molecule has 13 heteroatoms. The van der Waals surface area contributed by atoms with Crippen LogP contribution in [0.25, 0.3) is 120 Å². The van der Waals surface area contributed by atoms with Gasteiger partial charge in [0, 0.05) is 67.1 Å². The Hall–Kier alpha value is -9.80. The minimum atomic E-state index is -4.25. The van der Waals surface area contributed by atoms with E-state index in [-0.39, 0.29) is 9.79 Å². The van der Waals surface area contributed by atoms with Crippen LogP contribution in [0.5, 0.6) is 0 Å². The molecular weight excluding hydrogens is 1110 g/mol. The number of fused-ring (bicyclic) bond motifs is 12. The summed E-state index contributed by atoms with van der Waals surface area (Å²) in [6.45, 7) is 0. The molecule has 0 aliphatic rings. The van der Waals surface area contributed by atoms with Crippen LogP contribution in [0.3, 0.4) is 0 Å². The van der Waals surface area contributed by atoms with Crippen LogP contribution in [-0.2, 0) is 20.2 Å². The van der Waals surface area contributed by atoms with Crippen LogP contribution in [-0.4, -0.2) is 62.6 Å². The van der Waals surface area contributed by atoms with Crippen LogP contribution in [0.4, 0.5) is 0 Å². The summed E-state index contributed by atoms with van der Waals surface area (Å²) in [6, 6.07) is 93.8. The molecule has 16 aromatic rings. The number of para-hydroxylation sites is 2. The van der Waals surface area contributed by atoms with Crippen molar-refractivity contribution in [3.8, 4) is 22.3 Å². The average Bonchev–Trinajstić information content (AvgIpc) is 0.738. The highest BCUT2D eigenvalue weighted by molar-refractivity contribution is 7.86. The lowest BCUT2D eigenvalue weighted by Gasteiger charge is -2.12. The maximum absolute atomic E-state index is 10.3. The highest BCUT2D eigenvalue weighted by atomic mass is 32.2. The molecule has 16 rings (SSSR count). The van der Waals surface area contributed by atoms with Gasteiger partial charge in [-0.15, -0.1) is 0 Å². The van der Waals surface area contributed by atoms with Gasteiger partial charge >= 0.3 is 0 Å². The number of nitrogens with zero attached hydrogens (tertiary/aromatic N) is 2. The second-order valence-corrected chi connectivity index (χ2v) is 22.3. The van der Waals surface area contributed by atoms with E-state index >= 15 is 0 Å². The van der Waals surface area contributed by atoms with Gasteiger partial charge in [-0.25, -0.2) is 16.8 Å². The average molecular weight is 1170 g/mol. The molecule has 0 atom stereocenters. The zero-order valence-corrected chi connectivity index (χ0v) is 48.7. The molecule has 0 aliphatic carbocycles. The van der Waals surface area contributed by atoms with Gasteiger partial charge in [0.25, 0.3) is 0 Å². The second kappa shape index (κ2) is 26.0. The lowest BCUT2D eigenvalue weighted by molar-refractivity contribution is -0.448. The molecule has 6 aromatic heterocycles. The molecule has 426 valence electrons. The molecule has 10 aromatic carbocycles. The zero-order chi connectivity index (χ0) is 60.5. The normalized spacial score (nSPS) is 11.2. The lowest BCUT2D eigenvalue weighted by atomic mass is 9.95. The number of aliphatic hydroxyl groups is 3. The molecule has 3 N–H and O–H groups in total. The van der Waals surface area contributed by atoms with E-state index in [2.05, 4.69) is 227 Å². The van der Waals surface area contributed by atoms with Crippen molar-refractivity contribution in [1.82, 2.24) is 0 Å². The number of rotatable bonds is 4. The lowest BCUT2D eigenvalue weighted by Crippen LogP contribution is -2.26. The van der Waals surface area contributed by atoms with Crippen molar-refractivity contribution in [1.29, 1.82) is 0 Å². The fourth-order valence-corrected chi connectivity index (χ4v) is 12.4. The predicted octanol–water partition coefficient (Wildman–Crippen LogP) is 14.3. The van der Waals surface area contributed by atoms with Crippen LogP contribution in [0.2, 0.25) is 0 Å². The molecule has 0 bridgehead atoms. The number of hydrogen-bond donors (Lipinski definition) is 3. The van der Waals surface area contributed by atoms with E-state index in [4.69, 9.17) is 15.3 Å². The molecule has 0 spiro atoms. The van der Waals surface area contributed by atoms with E-state index in [1.54, 1.807) is 12.1 Å². The number of hydrogen-bond acceptors (Lipinski definition) is 9. The Labute approximate surface area is 497 Å². The molecule has 0 aliphatic heterocycles. The summed E-state index contributed by atoms with van der Waals surface area (Å²) in [4.78, 5) is -0.370. The Balaban J connectivity index is 0.000000137. The Bertz CT molecular complexity index is 4700. The Morgan fingerprint density at radius 3 is 0.663 bits per heavy atom. The van der Waals surface area contributed by atoms with Gasteiger partial charge in [0.15, 0.2) is 0 Å². The van der Waals surface area contributed by atoms with E-state index in [0.29, 0.717) is 0 Å². The Morgan fingerprint density at radius 1 is 0.244 bits per heavy atom. The first-order chi connectivity index (χ1) is 42.0. The molecule has 0 fully saturated rings. The van der Waals surface area contributed by atoms with Crippen LogP contribution in [0.1, 0.15) is 0 Å². The first-order valence-electron chi connectivity index (χ1n) is 27.3. The van der Waals surface area contributed by atoms with E-state index < -0.39 is 20.2 Å². The molecule has 0 unspecified atom stereocenters. The quantitative estimate of drug-likeness (QED) is 0.0668. The molecule has 6 heterocycles. The minimum Gasteiger partial charge on any atom is -0.744 e. The number of benzene rings is 10. The van der Waals surface area contributed by atoms with Gasteiger partial charge in [-0.3, -0.25) is 0 Å². The van der Waals surface area contributed by atoms with Crippen molar-refractivity contribution >= 4 is 118 Å². The maximum Gasteiger partial charge on any atom is 0.227 e. The minimum absolute atomic E-state index is 0.185. The highest BCUT2D eigenvalue weighted by Crippen LogP contribution is 2.39. The van der Waals surface area contributed by atoms with Crippen molar-refractivity contribution in [3.63, 3.8) is 0 Å². The van der Waals surface area contributed by atoms with E-state index in [0.717, 1.165) is 21.3 Å². The molecule has 11 nitrogen and oxygen atoms in total. The fourth-order valence-electron chi connectivity index (χ4n) is 11.4. The Morgan fingerprint density at radius 2 is 0.442 bits per heavy atom. The second-order valence-electron chi connectivity index (χ2n) is 19.6. The summed E-state index contributed by atoms with van der Waals surface area (Å²) >= 11 is 0. The van der Waals surface area contributed by atoms with Gasteiger partial charge in [-0.1, -0.05) is 182 Å². The first-order valence-corrected chi connectivity index (χ1v) is 30.2. The zero-order valence-electron chi connectivity index (χ0n) is 47.1. The van der Waals surface area contributed by atoms with Crippen LogP contribution < -0.4 is 8.80 Å². The predicted molar refractivity (Wildman–Crippen MR) is 346 cm³/mol. The maximum atomic E-state index is 10.3. The largest absolute Gasteiger partial charge is 0.744 e. The molecular formula is C73H58N2O9S2. The molecule has 0 amide bonds. The number of aliphatic hydroxyl groups excluding tert-OH is 3. The summed E-state index contributed by atoms with van der Waals surface area (Å²) in [5.74, 6) is 0. The van der Waals surface area contributed by atoms with Crippen LogP contribution >= 0.6 is 0 Å². The van der Waals surface area contributed by atoms with Crippen LogP contribution in [0, 0.1) is 0 Å². The van der Waals surface area contributed by atoms with Gasteiger partial charge in [0.2, 0.25) is 33.1 Å². The number of pyridine rings is 6. The van der Waals surface area contributed by atoms with Gasteiger partial charge < -0.3 is 24.4 Å². The fraction of sp³-hybridized carbons (Fsp3) is 0.0411. The van der Waals surface area contributed by atoms with Gasteiger partial charge in [-0.05, 0) is 95.1 Å². The van der Waals surface area contributed by atoms with Gasteiger partial charge in [-0.2, -0.15) is 8.80 Å². The van der Waals surface area contributed by atoms with E-state index in [1.165, 1.54) is 169 Å². The summed E-state index contributed by atoms with van der Waals surface area (Å²) in [5.41, 5.74) is 12.7. The standard InChI is InChI=1S/2C29H18N.2C6H6O3S.3CH4O/c2*1-2-9-19(10-3-1)20-17-27-23-13-6-4-11-21(23)25-15-8-16-26-22-12-5-7-14-24(22)28(18-20)30(27)29(25)26;2*7-10(8,9)6-4-2-1-3-5-6;3*1-2/h2*1-18H;2*1-5H,(H,7,8,9);3*2H,1H3/q2*+1;;;;;/p-2. The van der Waals surface area contributed by atoms with Crippen molar-refractivity contribution in [2.24, 2.45) is 0 Å². The van der Waals surface area contributed by atoms with Gasteiger partial charge in [0.05, 0.1) is 52.9 Å². The SMILES string of the molecule is CO.CO.CO.O=S(=O)([O-])c1ccccc1.O=S(=O)([O-])c1ccccc1.c1ccc(-c2cc3c4ccccc4c4cccc5c6ccccc6c(c2)[n+]3c45)cc1.c1ccc(-c2cc3c4ccccc4c4cccc5c6ccccc6c(c2)[n+]3c45)cc1. The molecule has 86 heavy (non-hydrogen) atoms. The summed E-state index contributed by atoms with van der Waals surface area (Å²) < 4.78 is 66.6. The monoisotopic (exact) mass is 1170 g/mol. The third-order valence-corrected chi connectivity index (χ3v) is 16.6. The van der Waals surface area contributed by atoms with E-state index in [9.17, 15) is 25.9 Å². The van der Waals surface area contributed by atoms with Crippen molar-refractivity contribution < 1.29 is 50.1 Å².